The molecule has 0 spiro atoms. The molecule has 1 aromatic carbocycles. The number of para-hydroxylation sites is 1. The van der Waals surface area contributed by atoms with Gasteiger partial charge in [0.2, 0.25) is 5.91 Å². The highest BCUT2D eigenvalue weighted by atomic mass is 16.5. The third-order valence-corrected chi connectivity index (χ3v) is 4.29. The quantitative estimate of drug-likeness (QED) is 0.908. The lowest BCUT2D eigenvalue weighted by Crippen LogP contribution is -2.51. The third kappa shape index (κ3) is 4.18. The van der Waals surface area contributed by atoms with Crippen LogP contribution >= 0.6 is 0 Å². The van der Waals surface area contributed by atoms with Crippen LogP contribution in [0.25, 0.3) is 0 Å². The summed E-state index contributed by atoms with van der Waals surface area (Å²) in [6.07, 6.45) is 4.81. The van der Waals surface area contributed by atoms with Crippen molar-refractivity contribution >= 4 is 17.6 Å². The molecule has 3 amide bonds. The maximum atomic E-state index is 12.9. The standard InChI is InChI=1S/C19H22N4O3/c20-14-18(24)23(15-4-2-1-3-5-15)19(25)22-12-8-17(9-13-22)26-16-6-10-21-11-7-16/h1-7,10-11,17H,8-9,12-14,20H2. The van der Waals surface area contributed by atoms with Crippen LogP contribution in [0.5, 0.6) is 5.75 Å². The summed E-state index contributed by atoms with van der Waals surface area (Å²) in [4.78, 5) is 31.9. The number of hydrogen-bond acceptors (Lipinski definition) is 5. The molecule has 0 radical (unpaired) electrons. The van der Waals surface area contributed by atoms with Crippen molar-refractivity contribution in [2.75, 3.05) is 24.5 Å². The lowest BCUT2D eigenvalue weighted by Gasteiger charge is -2.35. The van der Waals surface area contributed by atoms with Gasteiger partial charge < -0.3 is 15.4 Å². The Morgan fingerprint density at radius 3 is 2.38 bits per heavy atom. The third-order valence-electron chi connectivity index (χ3n) is 4.29. The van der Waals surface area contributed by atoms with Gasteiger partial charge in [-0.15, -0.1) is 0 Å². The fourth-order valence-electron chi connectivity index (χ4n) is 2.95. The van der Waals surface area contributed by atoms with Gasteiger partial charge in [0, 0.05) is 38.3 Å². The minimum atomic E-state index is -0.420. The Morgan fingerprint density at radius 1 is 1.12 bits per heavy atom. The van der Waals surface area contributed by atoms with Crippen LogP contribution in [0.3, 0.4) is 0 Å². The number of carbonyl (C=O) groups is 2. The van der Waals surface area contributed by atoms with E-state index in [0.29, 0.717) is 31.6 Å². The van der Waals surface area contributed by atoms with Crippen LogP contribution < -0.4 is 15.4 Å². The van der Waals surface area contributed by atoms with Crippen LogP contribution in [0.2, 0.25) is 0 Å². The highest BCUT2D eigenvalue weighted by molar-refractivity contribution is 6.14. The van der Waals surface area contributed by atoms with Crippen molar-refractivity contribution in [3.05, 3.63) is 54.9 Å². The molecule has 1 fully saturated rings. The molecule has 0 unspecified atom stereocenters. The first kappa shape index (κ1) is 17.9. The van der Waals surface area contributed by atoms with Gasteiger partial charge in [-0.1, -0.05) is 18.2 Å². The molecule has 136 valence electrons. The highest BCUT2D eigenvalue weighted by Crippen LogP contribution is 2.21. The number of hydrogen-bond donors (Lipinski definition) is 1. The summed E-state index contributed by atoms with van der Waals surface area (Å²) >= 11 is 0. The van der Waals surface area contributed by atoms with Gasteiger partial charge in [0.05, 0.1) is 12.2 Å². The summed E-state index contributed by atoms with van der Waals surface area (Å²) in [6.45, 7) is 0.827. The number of amides is 3. The van der Waals surface area contributed by atoms with Crippen molar-refractivity contribution < 1.29 is 14.3 Å². The molecule has 1 aliphatic heterocycles. The molecule has 3 rings (SSSR count). The molecule has 0 atom stereocenters. The average Bonchev–Trinajstić information content (AvgIpc) is 2.70. The Balaban J connectivity index is 1.63. The molecule has 2 N–H and O–H groups in total. The second-order valence-electron chi connectivity index (χ2n) is 6.04. The molecule has 2 aromatic rings. The normalized spacial score (nSPS) is 14.7. The molecule has 1 saturated heterocycles. The summed E-state index contributed by atoms with van der Waals surface area (Å²) in [5.41, 5.74) is 6.03. The Bertz CT molecular complexity index is 731. The van der Waals surface area contributed by atoms with Crippen LogP contribution in [-0.2, 0) is 4.79 Å². The van der Waals surface area contributed by atoms with Gasteiger partial charge >= 0.3 is 6.03 Å². The minimum absolute atomic E-state index is 0.0387. The first-order valence-corrected chi connectivity index (χ1v) is 8.62. The topological polar surface area (TPSA) is 88.8 Å². The van der Waals surface area contributed by atoms with Crippen LogP contribution in [0.15, 0.2) is 54.9 Å². The van der Waals surface area contributed by atoms with E-state index in [1.807, 2.05) is 18.2 Å². The van der Waals surface area contributed by atoms with Crippen molar-refractivity contribution in [1.82, 2.24) is 9.88 Å². The Kier molecular flexibility index (Phi) is 5.80. The minimum Gasteiger partial charge on any atom is -0.490 e. The maximum Gasteiger partial charge on any atom is 0.331 e. The summed E-state index contributed by atoms with van der Waals surface area (Å²) in [5.74, 6) is 0.352. The number of anilines is 1. The second kappa shape index (κ2) is 8.44. The van der Waals surface area contributed by atoms with Crippen molar-refractivity contribution in [3.63, 3.8) is 0 Å². The van der Waals surface area contributed by atoms with E-state index in [9.17, 15) is 9.59 Å². The summed E-state index contributed by atoms with van der Waals surface area (Å²) < 4.78 is 5.92. The Morgan fingerprint density at radius 2 is 1.77 bits per heavy atom. The number of piperidine rings is 1. The predicted molar refractivity (Wildman–Crippen MR) is 97.8 cm³/mol. The molecule has 2 heterocycles. The van der Waals surface area contributed by atoms with E-state index < -0.39 is 5.91 Å². The zero-order valence-electron chi connectivity index (χ0n) is 14.5. The van der Waals surface area contributed by atoms with E-state index in [-0.39, 0.29) is 18.7 Å². The first-order chi connectivity index (χ1) is 12.7. The van der Waals surface area contributed by atoms with Crippen molar-refractivity contribution in [1.29, 1.82) is 0 Å². The second-order valence-corrected chi connectivity index (χ2v) is 6.04. The van der Waals surface area contributed by atoms with Crippen molar-refractivity contribution in [2.45, 2.75) is 18.9 Å². The fraction of sp³-hybridized carbons (Fsp3) is 0.316. The molecule has 26 heavy (non-hydrogen) atoms. The van der Waals surface area contributed by atoms with Crippen LogP contribution in [0.4, 0.5) is 10.5 Å². The van der Waals surface area contributed by atoms with Gasteiger partial charge in [-0.25, -0.2) is 9.69 Å². The van der Waals surface area contributed by atoms with E-state index in [0.717, 1.165) is 10.6 Å². The van der Waals surface area contributed by atoms with E-state index in [2.05, 4.69) is 4.98 Å². The number of pyridine rings is 1. The largest absolute Gasteiger partial charge is 0.490 e. The van der Waals surface area contributed by atoms with Gasteiger partial charge in [-0.05, 0) is 24.3 Å². The van der Waals surface area contributed by atoms with Gasteiger partial charge in [0.15, 0.2) is 0 Å². The number of imide groups is 1. The number of aromatic nitrogens is 1. The number of nitrogens with zero attached hydrogens (tertiary/aromatic N) is 3. The van der Waals surface area contributed by atoms with E-state index >= 15 is 0 Å². The van der Waals surface area contributed by atoms with Gasteiger partial charge in [-0.3, -0.25) is 9.78 Å². The van der Waals surface area contributed by atoms with Crippen LogP contribution in [0, 0.1) is 0 Å². The SMILES string of the molecule is NCC(=O)N(C(=O)N1CCC(Oc2ccncc2)CC1)c1ccccc1. The van der Waals surface area contributed by atoms with E-state index in [1.54, 1.807) is 41.6 Å². The predicted octanol–water partition coefficient (Wildman–Crippen LogP) is 2.04. The van der Waals surface area contributed by atoms with Gasteiger partial charge in [-0.2, -0.15) is 0 Å². The number of nitrogens with two attached hydrogens (primary N) is 1. The molecule has 0 saturated carbocycles. The van der Waals surface area contributed by atoms with Gasteiger partial charge in [0.1, 0.15) is 11.9 Å². The summed E-state index contributed by atoms with van der Waals surface area (Å²) in [6, 6.07) is 12.1. The number of benzene rings is 1. The monoisotopic (exact) mass is 354 g/mol. The molecule has 0 bridgehead atoms. The lowest BCUT2D eigenvalue weighted by atomic mass is 10.1. The van der Waals surface area contributed by atoms with Crippen molar-refractivity contribution in [3.8, 4) is 5.75 Å². The van der Waals surface area contributed by atoms with Crippen LogP contribution in [-0.4, -0.2) is 47.6 Å². The Labute approximate surface area is 152 Å². The van der Waals surface area contributed by atoms with Gasteiger partial charge in [0.25, 0.3) is 0 Å². The van der Waals surface area contributed by atoms with E-state index in [4.69, 9.17) is 10.5 Å². The average molecular weight is 354 g/mol. The van der Waals surface area contributed by atoms with Crippen LogP contribution in [0.1, 0.15) is 12.8 Å². The number of carbonyl (C=O) groups excluding carboxylic acids is 2. The smallest absolute Gasteiger partial charge is 0.331 e. The van der Waals surface area contributed by atoms with Crippen molar-refractivity contribution in [2.24, 2.45) is 5.73 Å². The maximum absolute atomic E-state index is 12.9. The lowest BCUT2D eigenvalue weighted by molar-refractivity contribution is -0.116. The molecule has 1 aliphatic rings. The highest BCUT2D eigenvalue weighted by Gasteiger charge is 2.30. The number of rotatable bonds is 4. The number of urea groups is 1. The molecular formula is C19H22N4O3. The molecule has 0 aliphatic carbocycles. The molecular weight excluding hydrogens is 332 g/mol. The zero-order valence-corrected chi connectivity index (χ0v) is 14.5. The van der Waals surface area contributed by atoms with E-state index in [1.165, 1.54) is 0 Å². The number of ether oxygens (including phenoxy) is 1. The summed E-state index contributed by atoms with van der Waals surface area (Å²) in [5, 5.41) is 0. The molecule has 7 nitrogen and oxygen atoms in total. The molecule has 1 aromatic heterocycles. The summed E-state index contributed by atoms with van der Waals surface area (Å²) in [7, 11) is 0. The molecule has 7 heteroatoms. The Hall–Kier alpha value is -2.93. The fourth-order valence-corrected chi connectivity index (χ4v) is 2.95. The first-order valence-electron chi connectivity index (χ1n) is 8.62. The number of likely N-dealkylation sites (tertiary alicyclic amines) is 1. The zero-order chi connectivity index (χ0) is 18.4.